The van der Waals surface area contributed by atoms with E-state index in [4.69, 9.17) is 0 Å². The molecule has 0 aliphatic heterocycles. The minimum atomic E-state index is -0.0295. The molecule has 0 fully saturated rings. The van der Waals surface area contributed by atoms with Crippen LogP contribution in [0.2, 0.25) is 0 Å². The van der Waals surface area contributed by atoms with Gasteiger partial charge in [0.05, 0.1) is 0 Å². The van der Waals surface area contributed by atoms with Crippen LogP contribution in [-0.2, 0) is 13.1 Å². The van der Waals surface area contributed by atoms with Crippen molar-refractivity contribution in [2.24, 2.45) is 0 Å². The van der Waals surface area contributed by atoms with Crippen LogP contribution in [0.25, 0.3) is 21.8 Å². The van der Waals surface area contributed by atoms with Crippen LogP contribution in [0, 0.1) is 6.92 Å². The van der Waals surface area contributed by atoms with Gasteiger partial charge < -0.3 is 15.2 Å². The van der Waals surface area contributed by atoms with Crippen molar-refractivity contribution in [1.82, 2.24) is 15.2 Å². The maximum atomic E-state index is 12.3. The number of amides is 1. The molecule has 170 valence electrons. The fraction of sp³-hybridized carbons (Fsp3) is 0.167. The van der Waals surface area contributed by atoms with E-state index in [2.05, 4.69) is 88.0 Å². The Morgan fingerprint density at radius 1 is 0.735 bits per heavy atom. The first kappa shape index (κ1) is 21.9. The average molecular weight is 448 g/mol. The molecular weight excluding hydrogens is 418 g/mol. The molecule has 0 bridgehead atoms. The summed E-state index contributed by atoms with van der Waals surface area (Å²) in [5.41, 5.74) is 6.83. The van der Waals surface area contributed by atoms with Gasteiger partial charge >= 0.3 is 0 Å². The number of fused-ring (bicyclic) bond motifs is 3. The van der Waals surface area contributed by atoms with Gasteiger partial charge in [-0.2, -0.15) is 0 Å². The lowest BCUT2D eigenvalue weighted by atomic mass is 10.1. The van der Waals surface area contributed by atoms with E-state index < -0.39 is 0 Å². The summed E-state index contributed by atoms with van der Waals surface area (Å²) in [5, 5.41) is 9.00. The second kappa shape index (κ2) is 9.94. The van der Waals surface area contributed by atoms with Crippen LogP contribution >= 0.6 is 0 Å². The SMILES string of the molecule is Cc1cccc(C(=O)NCCNCc2ccc3c(c2)c2ccccc2n3Cc2ccccc2)c1. The Kier molecular flexibility index (Phi) is 6.41. The average Bonchev–Trinajstić information content (AvgIpc) is 3.17. The van der Waals surface area contributed by atoms with E-state index in [9.17, 15) is 4.79 Å². The molecule has 0 aliphatic rings. The molecule has 0 unspecified atom stereocenters. The quantitative estimate of drug-likeness (QED) is 0.301. The van der Waals surface area contributed by atoms with Crippen LogP contribution in [0.3, 0.4) is 0 Å². The predicted molar refractivity (Wildman–Crippen MR) is 140 cm³/mol. The lowest BCUT2D eigenvalue weighted by Gasteiger charge is -2.09. The number of aryl methyl sites for hydroxylation is 1. The topological polar surface area (TPSA) is 46.1 Å². The summed E-state index contributed by atoms with van der Waals surface area (Å²) in [6.45, 7) is 4.91. The zero-order chi connectivity index (χ0) is 23.3. The molecule has 0 radical (unpaired) electrons. The van der Waals surface area contributed by atoms with Crippen molar-refractivity contribution in [2.45, 2.75) is 20.0 Å². The van der Waals surface area contributed by atoms with Crippen LogP contribution < -0.4 is 10.6 Å². The molecule has 1 aromatic heterocycles. The lowest BCUT2D eigenvalue weighted by Crippen LogP contribution is -2.31. The molecule has 5 rings (SSSR count). The first-order valence-electron chi connectivity index (χ1n) is 11.8. The maximum absolute atomic E-state index is 12.3. The smallest absolute Gasteiger partial charge is 0.251 e. The van der Waals surface area contributed by atoms with Crippen molar-refractivity contribution in [3.63, 3.8) is 0 Å². The molecule has 34 heavy (non-hydrogen) atoms. The van der Waals surface area contributed by atoms with E-state index in [1.165, 1.54) is 32.9 Å². The van der Waals surface area contributed by atoms with E-state index in [-0.39, 0.29) is 5.91 Å². The van der Waals surface area contributed by atoms with Crippen LogP contribution in [0.15, 0.2) is 97.1 Å². The number of aromatic nitrogens is 1. The first-order valence-corrected chi connectivity index (χ1v) is 11.8. The number of nitrogens with one attached hydrogen (secondary N) is 2. The molecule has 4 aromatic carbocycles. The third-order valence-electron chi connectivity index (χ3n) is 6.22. The number of carbonyl (C=O) groups is 1. The third kappa shape index (κ3) is 4.73. The van der Waals surface area contributed by atoms with Gasteiger partial charge in [-0.15, -0.1) is 0 Å². The van der Waals surface area contributed by atoms with Gasteiger partial charge in [-0.25, -0.2) is 0 Å². The molecular formula is C30H29N3O. The second-order valence-electron chi connectivity index (χ2n) is 8.74. The molecule has 0 spiro atoms. The summed E-state index contributed by atoms with van der Waals surface area (Å²) in [4.78, 5) is 12.3. The minimum absolute atomic E-state index is 0.0295. The number of rotatable bonds is 8. The third-order valence-corrected chi connectivity index (χ3v) is 6.22. The second-order valence-corrected chi connectivity index (χ2v) is 8.74. The first-order chi connectivity index (χ1) is 16.7. The number of hydrogen-bond acceptors (Lipinski definition) is 2. The van der Waals surface area contributed by atoms with Crippen LogP contribution in [-0.4, -0.2) is 23.6 Å². The van der Waals surface area contributed by atoms with E-state index in [1.807, 2.05) is 31.2 Å². The molecule has 2 N–H and O–H groups in total. The minimum Gasteiger partial charge on any atom is -0.351 e. The van der Waals surface area contributed by atoms with Gasteiger partial charge in [-0.3, -0.25) is 4.79 Å². The van der Waals surface area contributed by atoms with Crippen molar-refractivity contribution in [3.8, 4) is 0 Å². The number of carbonyl (C=O) groups excluding carboxylic acids is 1. The summed E-state index contributed by atoms with van der Waals surface area (Å²) in [5.74, 6) is -0.0295. The number of hydrogen-bond donors (Lipinski definition) is 2. The molecule has 0 aliphatic carbocycles. The highest BCUT2D eigenvalue weighted by atomic mass is 16.1. The maximum Gasteiger partial charge on any atom is 0.251 e. The van der Waals surface area contributed by atoms with E-state index in [0.29, 0.717) is 18.7 Å². The zero-order valence-electron chi connectivity index (χ0n) is 19.4. The summed E-state index contributed by atoms with van der Waals surface area (Å²) in [6.07, 6.45) is 0. The Morgan fingerprint density at radius 2 is 1.53 bits per heavy atom. The summed E-state index contributed by atoms with van der Waals surface area (Å²) < 4.78 is 2.40. The normalized spacial score (nSPS) is 11.2. The van der Waals surface area contributed by atoms with Crippen LogP contribution in [0.5, 0.6) is 0 Å². The molecule has 0 saturated heterocycles. The van der Waals surface area contributed by atoms with E-state index >= 15 is 0 Å². The predicted octanol–water partition coefficient (Wildman–Crippen LogP) is 5.67. The van der Waals surface area contributed by atoms with Gasteiger partial charge in [0.15, 0.2) is 0 Å². The molecule has 1 amide bonds. The van der Waals surface area contributed by atoms with Crippen molar-refractivity contribution < 1.29 is 4.79 Å². The molecule has 1 heterocycles. The van der Waals surface area contributed by atoms with Gasteiger partial charge in [0, 0.05) is 53.5 Å². The largest absolute Gasteiger partial charge is 0.351 e. The van der Waals surface area contributed by atoms with Gasteiger partial charge in [0.25, 0.3) is 5.91 Å². The molecule has 4 nitrogen and oxygen atoms in total. The Morgan fingerprint density at radius 3 is 2.38 bits per heavy atom. The standard InChI is InChI=1S/C30H29N3O/c1-22-8-7-11-25(18-22)30(34)32-17-16-31-20-24-14-15-29-27(19-24)26-12-5-6-13-28(26)33(29)21-23-9-3-2-4-10-23/h2-15,18-19,31H,16-17,20-21H2,1H3,(H,32,34). The fourth-order valence-electron chi connectivity index (χ4n) is 4.53. The Balaban J connectivity index is 1.26. The fourth-order valence-corrected chi connectivity index (χ4v) is 4.53. The Bertz CT molecular complexity index is 1440. The summed E-state index contributed by atoms with van der Waals surface area (Å²) >= 11 is 0. The Labute approximate surface area is 200 Å². The van der Waals surface area contributed by atoms with Gasteiger partial charge in [0.2, 0.25) is 0 Å². The van der Waals surface area contributed by atoms with Gasteiger partial charge in [-0.05, 0) is 48.4 Å². The lowest BCUT2D eigenvalue weighted by molar-refractivity contribution is 0.0954. The molecule has 0 saturated carbocycles. The molecule has 4 heteroatoms. The van der Waals surface area contributed by atoms with E-state index in [0.717, 1.165) is 18.7 Å². The number of benzene rings is 4. The zero-order valence-corrected chi connectivity index (χ0v) is 19.4. The van der Waals surface area contributed by atoms with E-state index in [1.54, 1.807) is 0 Å². The van der Waals surface area contributed by atoms with Crippen molar-refractivity contribution in [2.75, 3.05) is 13.1 Å². The highest BCUT2D eigenvalue weighted by molar-refractivity contribution is 6.08. The number of nitrogens with zero attached hydrogens (tertiary/aromatic N) is 1. The van der Waals surface area contributed by atoms with Gasteiger partial charge in [0.1, 0.15) is 0 Å². The van der Waals surface area contributed by atoms with Gasteiger partial charge in [-0.1, -0.05) is 72.3 Å². The highest BCUT2D eigenvalue weighted by Crippen LogP contribution is 2.30. The Hall–Kier alpha value is -3.89. The van der Waals surface area contributed by atoms with Crippen molar-refractivity contribution in [1.29, 1.82) is 0 Å². The summed E-state index contributed by atoms with van der Waals surface area (Å²) in [7, 11) is 0. The van der Waals surface area contributed by atoms with Crippen LogP contribution in [0.4, 0.5) is 0 Å². The highest BCUT2D eigenvalue weighted by Gasteiger charge is 2.11. The molecule has 0 atom stereocenters. The van der Waals surface area contributed by atoms with Crippen molar-refractivity contribution >= 4 is 27.7 Å². The van der Waals surface area contributed by atoms with Crippen LogP contribution in [0.1, 0.15) is 27.0 Å². The monoisotopic (exact) mass is 447 g/mol. The van der Waals surface area contributed by atoms with Crippen molar-refractivity contribution in [3.05, 3.63) is 119 Å². The molecule has 5 aromatic rings. The number of para-hydroxylation sites is 1. The summed E-state index contributed by atoms with van der Waals surface area (Å²) in [6, 6.07) is 33.6.